The number of carbonyl (C=O) groups is 1. The molecular formula is C24H22F3N3O2. The highest BCUT2D eigenvalue weighted by atomic mass is 19.4. The Morgan fingerprint density at radius 3 is 2.41 bits per heavy atom. The first-order valence-corrected chi connectivity index (χ1v) is 10.7. The van der Waals surface area contributed by atoms with E-state index >= 15 is 0 Å². The largest absolute Gasteiger partial charge is 0.418 e. The van der Waals surface area contributed by atoms with Gasteiger partial charge in [-0.15, -0.1) is 0 Å². The standard InChI is InChI=1S/C24H22F3N3O2/c1-13-2-8-20-17(10-13)22(31)18(12-28-20)23(32)29-21-9-7-16(11-19(21)24(25,26)27)30-14-3-4-15(30)6-5-14/h2,7-12,14-15H,3-6H2,1H3,(H,28,31)(H,29,32). The zero-order chi connectivity index (χ0) is 22.6. The number of fused-ring (bicyclic) bond motifs is 3. The molecule has 3 aromatic rings. The predicted molar refractivity (Wildman–Crippen MR) is 117 cm³/mol. The van der Waals surface area contributed by atoms with Crippen LogP contribution < -0.4 is 15.6 Å². The van der Waals surface area contributed by atoms with Gasteiger partial charge in [0.25, 0.3) is 5.91 Å². The number of alkyl halides is 3. The van der Waals surface area contributed by atoms with Crippen LogP contribution in [-0.2, 0) is 6.18 Å². The summed E-state index contributed by atoms with van der Waals surface area (Å²) in [6.07, 6.45) is 0.566. The predicted octanol–water partition coefficient (Wildman–Crippen LogP) is 5.24. The second-order valence-corrected chi connectivity index (χ2v) is 8.63. The minimum Gasteiger partial charge on any atom is -0.366 e. The summed E-state index contributed by atoms with van der Waals surface area (Å²) in [5.41, 5.74) is -0.121. The zero-order valence-electron chi connectivity index (χ0n) is 17.4. The molecule has 0 saturated carbocycles. The molecule has 2 N–H and O–H groups in total. The van der Waals surface area contributed by atoms with Crippen molar-refractivity contribution in [2.45, 2.75) is 50.9 Å². The topological polar surface area (TPSA) is 65.2 Å². The molecule has 1 aromatic heterocycles. The van der Waals surface area contributed by atoms with Gasteiger partial charge in [-0.3, -0.25) is 9.59 Å². The van der Waals surface area contributed by atoms with E-state index in [1.165, 1.54) is 12.3 Å². The van der Waals surface area contributed by atoms with Crippen molar-refractivity contribution in [3.05, 3.63) is 69.5 Å². The number of halogens is 3. The first-order valence-electron chi connectivity index (χ1n) is 10.7. The first-order chi connectivity index (χ1) is 15.2. The number of pyridine rings is 1. The molecule has 2 aromatic carbocycles. The average molecular weight is 441 g/mol. The number of H-pyrrole nitrogens is 1. The average Bonchev–Trinajstić information content (AvgIpc) is 3.34. The van der Waals surface area contributed by atoms with Gasteiger partial charge in [0.15, 0.2) is 0 Å². The van der Waals surface area contributed by atoms with Crippen LogP contribution in [-0.4, -0.2) is 23.0 Å². The maximum absolute atomic E-state index is 13.9. The highest BCUT2D eigenvalue weighted by Gasteiger charge is 2.41. The van der Waals surface area contributed by atoms with Crippen molar-refractivity contribution in [1.29, 1.82) is 0 Å². The molecule has 0 unspecified atom stereocenters. The Labute approximate surface area is 182 Å². The van der Waals surface area contributed by atoms with Gasteiger partial charge >= 0.3 is 6.18 Å². The second-order valence-electron chi connectivity index (χ2n) is 8.63. The Morgan fingerprint density at radius 2 is 1.75 bits per heavy atom. The van der Waals surface area contributed by atoms with Gasteiger partial charge in [-0.25, -0.2) is 0 Å². The number of nitrogens with zero attached hydrogens (tertiary/aromatic N) is 1. The monoisotopic (exact) mass is 441 g/mol. The summed E-state index contributed by atoms with van der Waals surface area (Å²) in [5, 5.41) is 2.63. The van der Waals surface area contributed by atoms with E-state index in [0.717, 1.165) is 37.3 Å². The van der Waals surface area contributed by atoms with Crippen LogP contribution in [0.25, 0.3) is 10.9 Å². The summed E-state index contributed by atoms with van der Waals surface area (Å²) >= 11 is 0. The molecule has 5 rings (SSSR count). The number of benzene rings is 2. The fourth-order valence-corrected chi connectivity index (χ4v) is 5.06. The maximum Gasteiger partial charge on any atom is 0.418 e. The third-order valence-electron chi connectivity index (χ3n) is 6.59. The molecule has 8 heteroatoms. The number of amides is 1. The number of rotatable bonds is 3. The van der Waals surface area contributed by atoms with Crippen molar-refractivity contribution < 1.29 is 18.0 Å². The summed E-state index contributed by atoms with van der Waals surface area (Å²) in [7, 11) is 0. The number of anilines is 2. The minimum atomic E-state index is -4.65. The van der Waals surface area contributed by atoms with Gasteiger partial charge in [-0.05, 0) is 62.9 Å². The fraction of sp³-hybridized carbons (Fsp3) is 0.333. The van der Waals surface area contributed by atoms with Gasteiger partial charge in [0.2, 0.25) is 5.43 Å². The van der Waals surface area contributed by atoms with E-state index in [9.17, 15) is 22.8 Å². The number of nitrogens with one attached hydrogen (secondary N) is 2. The lowest BCUT2D eigenvalue weighted by Crippen LogP contribution is -2.28. The smallest absolute Gasteiger partial charge is 0.366 e. The molecule has 2 bridgehead atoms. The molecular weight excluding hydrogens is 419 g/mol. The molecule has 5 nitrogen and oxygen atoms in total. The Bertz CT molecular complexity index is 1260. The molecule has 2 aliphatic rings. The van der Waals surface area contributed by atoms with Crippen LogP contribution in [0, 0.1) is 6.92 Å². The van der Waals surface area contributed by atoms with Crippen molar-refractivity contribution in [2.75, 3.05) is 10.2 Å². The number of aromatic nitrogens is 1. The van der Waals surface area contributed by atoms with Crippen molar-refractivity contribution in [3.8, 4) is 0 Å². The number of aromatic amines is 1. The molecule has 2 aliphatic heterocycles. The molecule has 1 amide bonds. The van der Waals surface area contributed by atoms with E-state index in [1.807, 2.05) is 13.0 Å². The van der Waals surface area contributed by atoms with Crippen molar-refractivity contribution >= 4 is 28.2 Å². The lowest BCUT2D eigenvalue weighted by Gasteiger charge is -2.26. The molecule has 3 heterocycles. The van der Waals surface area contributed by atoms with E-state index in [1.54, 1.807) is 18.2 Å². The minimum absolute atomic E-state index is 0.238. The van der Waals surface area contributed by atoms with Gasteiger partial charge < -0.3 is 15.2 Å². The van der Waals surface area contributed by atoms with Gasteiger partial charge in [-0.2, -0.15) is 13.2 Å². The molecule has 0 atom stereocenters. The Hall–Kier alpha value is -3.29. The second kappa shape index (κ2) is 7.39. The van der Waals surface area contributed by atoms with E-state index in [2.05, 4.69) is 15.2 Å². The van der Waals surface area contributed by atoms with Crippen molar-refractivity contribution in [2.24, 2.45) is 0 Å². The van der Waals surface area contributed by atoms with E-state index in [4.69, 9.17) is 0 Å². The highest BCUT2D eigenvalue weighted by molar-refractivity contribution is 6.06. The van der Waals surface area contributed by atoms with E-state index in [0.29, 0.717) is 16.6 Å². The van der Waals surface area contributed by atoms with Crippen LogP contribution in [0.5, 0.6) is 0 Å². The summed E-state index contributed by atoms with van der Waals surface area (Å²) in [6.45, 7) is 1.81. The Balaban J connectivity index is 1.50. The van der Waals surface area contributed by atoms with E-state index < -0.39 is 23.1 Å². The molecule has 2 fully saturated rings. The Morgan fingerprint density at radius 1 is 1.06 bits per heavy atom. The van der Waals surface area contributed by atoms with Gasteiger partial charge in [-0.1, -0.05) is 11.6 Å². The van der Waals surface area contributed by atoms with Gasteiger partial charge in [0, 0.05) is 34.9 Å². The molecule has 166 valence electrons. The van der Waals surface area contributed by atoms with Crippen LogP contribution >= 0.6 is 0 Å². The van der Waals surface area contributed by atoms with Crippen LogP contribution in [0.4, 0.5) is 24.5 Å². The van der Waals surface area contributed by atoms with Crippen molar-refractivity contribution in [1.82, 2.24) is 4.98 Å². The van der Waals surface area contributed by atoms with E-state index in [-0.39, 0.29) is 23.3 Å². The normalized spacial score (nSPS) is 20.2. The summed E-state index contributed by atoms with van der Waals surface area (Å²) < 4.78 is 41.6. The summed E-state index contributed by atoms with van der Waals surface area (Å²) in [6, 6.07) is 9.76. The molecule has 0 aliphatic carbocycles. The first kappa shape index (κ1) is 20.6. The quantitative estimate of drug-likeness (QED) is 0.584. The molecule has 2 saturated heterocycles. The van der Waals surface area contributed by atoms with Gasteiger partial charge in [0.1, 0.15) is 5.56 Å². The van der Waals surface area contributed by atoms with Crippen LogP contribution in [0.3, 0.4) is 0 Å². The summed E-state index contributed by atoms with van der Waals surface area (Å²) in [5.74, 6) is -0.880. The third-order valence-corrected chi connectivity index (χ3v) is 6.59. The summed E-state index contributed by atoms with van der Waals surface area (Å²) in [4.78, 5) is 30.5. The SMILES string of the molecule is Cc1ccc2[nH]cc(C(=O)Nc3ccc(N4C5CCC4CC5)cc3C(F)(F)F)c(=O)c2c1. The number of carbonyl (C=O) groups excluding carboxylic acids is 1. The van der Waals surface area contributed by atoms with Crippen LogP contribution in [0.2, 0.25) is 0 Å². The number of hydrogen-bond donors (Lipinski definition) is 2. The van der Waals surface area contributed by atoms with Crippen LogP contribution in [0.15, 0.2) is 47.4 Å². The number of aryl methyl sites for hydroxylation is 1. The maximum atomic E-state index is 13.9. The lowest BCUT2D eigenvalue weighted by molar-refractivity contribution is -0.136. The van der Waals surface area contributed by atoms with Crippen molar-refractivity contribution in [3.63, 3.8) is 0 Å². The number of hydrogen-bond acceptors (Lipinski definition) is 3. The zero-order valence-corrected chi connectivity index (χ0v) is 17.4. The third kappa shape index (κ3) is 3.43. The Kier molecular flexibility index (Phi) is 4.76. The highest BCUT2D eigenvalue weighted by Crippen LogP contribution is 2.44. The molecule has 32 heavy (non-hydrogen) atoms. The van der Waals surface area contributed by atoms with Crippen LogP contribution in [0.1, 0.15) is 47.2 Å². The fourth-order valence-electron chi connectivity index (χ4n) is 5.06. The molecule has 0 radical (unpaired) electrons. The molecule has 0 spiro atoms. The lowest BCUT2D eigenvalue weighted by atomic mass is 10.0. The van der Waals surface area contributed by atoms with Gasteiger partial charge in [0.05, 0.1) is 11.3 Å².